The lowest BCUT2D eigenvalue weighted by atomic mass is 9.40. The lowest BCUT2D eigenvalue weighted by Gasteiger charge is -2.67. The summed E-state index contributed by atoms with van der Waals surface area (Å²) in [5, 5.41) is 0. The highest BCUT2D eigenvalue weighted by atomic mass is 16.6. The largest absolute Gasteiger partial charge is 0.382 e. The predicted octanol–water partition coefficient (Wildman–Crippen LogP) is -0.0479. The van der Waals surface area contributed by atoms with E-state index in [4.69, 9.17) is 14.2 Å². The monoisotopic (exact) mass is 208 g/mol. The fraction of sp³-hybridized carbons (Fsp3) is 0.818. The molecule has 1 saturated heterocycles. The quantitative estimate of drug-likeness (QED) is 0.480. The first-order valence-corrected chi connectivity index (χ1v) is 5.52. The van der Waals surface area contributed by atoms with Gasteiger partial charge in [-0.2, -0.15) is 0 Å². The van der Waals surface area contributed by atoms with E-state index in [1.807, 2.05) is 0 Å². The van der Waals surface area contributed by atoms with Crippen LogP contribution in [-0.4, -0.2) is 45.9 Å². The summed E-state index contributed by atoms with van der Waals surface area (Å²) in [4.78, 5) is 0. The molecule has 0 bridgehead atoms. The number of ether oxygens (including phenoxy) is 3. The molecule has 2 aliphatic carbocycles. The molecular weight excluding hydrogens is 191 g/mol. The van der Waals surface area contributed by atoms with Gasteiger partial charge in [0.15, 0.2) is 0 Å². The van der Waals surface area contributed by atoms with Gasteiger partial charge in [0.25, 0.3) is 0 Å². The Labute approximate surface area is 91.2 Å². The molecule has 0 spiro atoms. The van der Waals surface area contributed by atoms with Crippen LogP contribution in [0.3, 0.4) is 0 Å². The van der Waals surface area contributed by atoms with E-state index in [0.717, 1.165) is 6.42 Å². The van der Waals surface area contributed by atoms with Crippen LogP contribution in [0.5, 0.6) is 0 Å². The van der Waals surface area contributed by atoms with Crippen LogP contribution >= 0.6 is 0 Å². The Morgan fingerprint density at radius 1 is 1.60 bits per heavy atom. The fourth-order valence-corrected chi connectivity index (χ4v) is 4.14. The van der Waals surface area contributed by atoms with Crippen molar-refractivity contribution < 1.29 is 14.2 Å². The van der Waals surface area contributed by atoms with Crippen LogP contribution in [0.2, 0.25) is 0 Å². The normalized spacial score (nSPS) is 55.9. The van der Waals surface area contributed by atoms with Crippen molar-refractivity contribution in [2.24, 2.45) is 11.8 Å². The van der Waals surface area contributed by atoms with Crippen molar-refractivity contribution in [2.45, 2.75) is 23.6 Å². The third kappa shape index (κ3) is 0.822. The maximum Gasteiger partial charge on any atom is 0.140 e. The van der Waals surface area contributed by atoms with Crippen LogP contribution in [-0.2, 0) is 14.2 Å². The summed E-state index contributed by atoms with van der Waals surface area (Å²) in [5.41, 5.74) is 1.05. The second-order valence-corrected chi connectivity index (χ2v) is 5.12. The third-order valence-electron chi connectivity index (χ3n) is 4.62. The van der Waals surface area contributed by atoms with Gasteiger partial charge < -0.3 is 14.2 Å². The van der Waals surface area contributed by atoms with Gasteiger partial charge in [0, 0.05) is 38.5 Å². The molecule has 3 aliphatic rings. The molecule has 1 aliphatic heterocycles. The minimum absolute atomic E-state index is 0.0873. The number of hydrogen-bond donors (Lipinski definition) is 0. The van der Waals surface area contributed by atoms with Crippen LogP contribution in [0, 0.1) is 11.8 Å². The molecule has 4 heteroatoms. The average Bonchev–Trinajstić information content (AvgIpc) is 2.33. The standard InChI is InChI=1S/C11H17BO3/c1-6-7-8-10(5-13-2,15-9(7)12)4-11(6,8)14-3/h7-9H,1,4-5,12H2,2-3H3/t7?,8?,9-,10-,11-/m1/s1. The average molecular weight is 208 g/mol. The van der Waals surface area contributed by atoms with E-state index in [1.165, 1.54) is 5.57 Å². The zero-order valence-corrected chi connectivity index (χ0v) is 9.58. The van der Waals surface area contributed by atoms with Gasteiger partial charge in [-0.25, -0.2) is 0 Å². The van der Waals surface area contributed by atoms with Crippen molar-refractivity contribution in [1.29, 1.82) is 0 Å². The molecule has 3 fully saturated rings. The Morgan fingerprint density at radius 3 is 2.93 bits per heavy atom. The molecular formula is C11H17BO3. The van der Waals surface area contributed by atoms with Crippen molar-refractivity contribution in [3.8, 4) is 0 Å². The SMILES string of the molecule is B[C@@H]1O[C@@]2(COC)C[C@@]3(OC)C(=C)C1C23. The van der Waals surface area contributed by atoms with Crippen molar-refractivity contribution in [3.63, 3.8) is 0 Å². The molecule has 0 aromatic rings. The summed E-state index contributed by atoms with van der Waals surface area (Å²) >= 11 is 0. The summed E-state index contributed by atoms with van der Waals surface area (Å²) in [5.74, 6) is 0.950. The van der Waals surface area contributed by atoms with Gasteiger partial charge in [0.1, 0.15) is 13.4 Å². The van der Waals surface area contributed by atoms with E-state index < -0.39 is 0 Å². The Kier molecular flexibility index (Phi) is 1.76. The summed E-state index contributed by atoms with van der Waals surface area (Å²) < 4.78 is 17.0. The molecule has 3 rings (SSSR count). The van der Waals surface area contributed by atoms with Crippen molar-refractivity contribution in [2.75, 3.05) is 20.8 Å². The minimum atomic E-state index is -0.0893. The summed E-state index contributed by atoms with van der Waals surface area (Å²) in [7, 11) is 5.64. The van der Waals surface area contributed by atoms with Gasteiger partial charge >= 0.3 is 0 Å². The van der Waals surface area contributed by atoms with Gasteiger partial charge in [0.2, 0.25) is 0 Å². The molecule has 5 atom stereocenters. The minimum Gasteiger partial charge on any atom is -0.382 e. The number of hydrogen-bond acceptors (Lipinski definition) is 3. The van der Waals surface area contributed by atoms with Crippen LogP contribution in [0.25, 0.3) is 0 Å². The van der Waals surface area contributed by atoms with E-state index >= 15 is 0 Å². The highest BCUT2D eigenvalue weighted by Crippen LogP contribution is 2.73. The molecule has 3 nitrogen and oxygen atoms in total. The fourth-order valence-electron chi connectivity index (χ4n) is 4.14. The maximum atomic E-state index is 6.07. The second-order valence-electron chi connectivity index (χ2n) is 5.12. The zero-order chi connectivity index (χ0) is 10.8. The first-order valence-electron chi connectivity index (χ1n) is 5.52. The molecule has 0 aromatic heterocycles. The third-order valence-corrected chi connectivity index (χ3v) is 4.62. The molecule has 0 amide bonds. The van der Waals surface area contributed by atoms with Crippen molar-refractivity contribution in [3.05, 3.63) is 12.2 Å². The van der Waals surface area contributed by atoms with E-state index in [2.05, 4.69) is 14.4 Å². The smallest absolute Gasteiger partial charge is 0.140 e. The Hall–Kier alpha value is -0.315. The van der Waals surface area contributed by atoms with E-state index in [0.29, 0.717) is 18.4 Å². The van der Waals surface area contributed by atoms with Gasteiger partial charge in [-0.15, -0.1) is 0 Å². The Bertz CT molecular complexity index is 332. The Morgan fingerprint density at radius 2 is 2.33 bits per heavy atom. The van der Waals surface area contributed by atoms with Gasteiger partial charge in [-0.1, -0.05) is 6.58 Å². The van der Waals surface area contributed by atoms with Crippen LogP contribution in [0.1, 0.15) is 6.42 Å². The number of methoxy groups -OCH3 is 2. The Balaban J connectivity index is 1.93. The van der Waals surface area contributed by atoms with E-state index in [9.17, 15) is 0 Å². The van der Waals surface area contributed by atoms with Crippen LogP contribution < -0.4 is 0 Å². The molecule has 2 saturated carbocycles. The molecule has 15 heavy (non-hydrogen) atoms. The molecule has 0 aromatic carbocycles. The highest BCUT2D eigenvalue weighted by molar-refractivity contribution is 6.12. The van der Waals surface area contributed by atoms with Crippen molar-refractivity contribution >= 4 is 7.85 Å². The molecule has 82 valence electrons. The summed E-state index contributed by atoms with van der Waals surface area (Å²) in [6.45, 7) is 4.84. The topological polar surface area (TPSA) is 27.7 Å². The van der Waals surface area contributed by atoms with E-state index in [1.54, 1.807) is 14.2 Å². The molecule has 2 unspecified atom stereocenters. The molecule has 1 heterocycles. The van der Waals surface area contributed by atoms with E-state index in [-0.39, 0.29) is 17.2 Å². The highest BCUT2D eigenvalue weighted by Gasteiger charge is 2.80. The lowest BCUT2D eigenvalue weighted by Crippen LogP contribution is -2.75. The molecule has 0 radical (unpaired) electrons. The van der Waals surface area contributed by atoms with Gasteiger partial charge in [-0.3, -0.25) is 0 Å². The zero-order valence-electron chi connectivity index (χ0n) is 9.58. The predicted molar refractivity (Wildman–Crippen MR) is 58.5 cm³/mol. The first kappa shape index (κ1) is 9.88. The molecule has 0 N–H and O–H groups in total. The summed E-state index contributed by atoms with van der Waals surface area (Å²) in [6, 6.07) is 0.267. The van der Waals surface area contributed by atoms with Crippen LogP contribution in [0.15, 0.2) is 12.2 Å². The van der Waals surface area contributed by atoms with Crippen molar-refractivity contribution in [1.82, 2.24) is 0 Å². The first-order chi connectivity index (χ1) is 7.11. The van der Waals surface area contributed by atoms with Gasteiger partial charge in [0.05, 0.1) is 12.2 Å². The number of rotatable bonds is 3. The lowest BCUT2D eigenvalue weighted by molar-refractivity contribution is -0.257. The maximum absolute atomic E-state index is 6.07. The van der Waals surface area contributed by atoms with Crippen LogP contribution in [0.4, 0.5) is 0 Å². The second kappa shape index (κ2) is 2.68. The summed E-state index contributed by atoms with van der Waals surface area (Å²) in [6.07, 6.45) is 0.911. The van der Waals surface area contributed by atoms with Gasteiger partial charge in [-0.05, 0) is 5.57 Å².